The fraction of sp³-hybridized carbons (Fsp3) is 0.625. The van der Waals surface area contributed by atoms with Crippen molar-refractivity contribution in [2.75, 3.05) is 37.7 Å². The quantitative estimate of drug-likeness (QED) is 0.805. The van der Waals surface area contributed by atoms with Gasteiger partial charge in [-0.1, -0.05) is 37.3 Å². The van der Waals surface area contributed by atoms with Crippen LogP contribution in [-0.4, -0.2) is 42.6 Å². The molecule has 0 bridgehead atoms. The summed E-state index contributed by atoms with van der Waals surface area (Å²) in [5.74, 6) is 2.55. The highest BCUT2D eigenvalue weighted by Crippen LogP contribution is 2.17. The van der Waals surface area contributed by atoms with Gasteiger partial charge in [0.25, 0.3) is 0 Å². The summed E-state index contributed by atoms with van der Waals surface area (Å²) in [6.07, 6.45) is 2.59. The Bertz CT molecular complexity index is 342. The predicted molar refractivity (Wildman–Crippen MR) is 85.9 cm³/mol. The van der Waals surface area contributed by atoms with Crippen LogP contribution in [0.2, 0.25) is 0 Å². The first kappa shape index (κ1) is 14.9. The Kier molecular flexibility index (Phi) is 6.75. The number of thioether (sulfide) groups is 1. The van der Waals surface area contributed by atoms with E-state index in [2.05, 4.69) is 59.2 Å². The highest BCUT2D eigenvalue weighted by molar-refractivity contribution is 7.99. The number of benzene rings is 1. The Hall–Kier alpha value is -0.510. The minimum atomic E-state index is 0.502. The van der Waals surface area contributed by atoms with Crippen LogP contribution in [-0.2, 0) is 0 Å². The molecule has 19 heavy (non-hydrogen) atoms. The molecule has 0 saturated carbocycles. The third-order valence-electron chi connectivity index (χ3n) is 3.65. The van der Waals surface area contributed by atoms with Crippen LogP contribution in [0.1, 0.15) is 31.4 Å². The van der Waals surface area contributed by atoms with Gasteiger partial charge in [-0.05, 0) is 49.5 Å². The van der Waals surface area contributed by atoms with Gasteiger partial charge in [0, 0.05) is 12.6 Å². The fourth-order valence-corrected chi connectivity index (χ4v) is 3.26. The first-order valence-electron chi connectivity index (χ1n) is 7.48. The molecule has 1 saturated heterocycles. The molecule has 2 rings (SSSR count). The molecule has 1 aliphatic rings. The van der Waals surface area contributed by atoms with E-state index in [1.54, 1.807) is 0 Å². The SMILES string of the molecule is CCSCCCN1CCCNC(c2ccccc2)C1. The first-order chi connectivity index (χ1) is 9.40. The number of nitrogens with zero attached hydrogens (tertiary/aromatic N) is 1. The molecule has 1 aliphatic heterocycles. The molecule has 106 valence electrons. The summed E-state index contributed by atoms with van der Waals surface area (Å²) >= 11 is 2.06. The summed E-state index contributed by atoms with van der Waals surface area (Å²) in [6, 6.07) is 11.4. The molecule has 0 aromatic heterocycles. The lowest BCUT2D eigenvalue weighted by molar-refractivity contribution is 0.270. The van der Waals surface area contributed by atoms with Crippen molar-refractivity contribution in [2.24, 2.45) is 0 Å². The zero-order valence-corrected chi connectivity index (χ0v) is 12.8. The summed E-state index contributed by atoms with van der Waals surface area (Å²) < 4.78 is 0. The topological polar surface area (TPSA) is 15.3 Å². The molecule has 1 heterocycles. The molecule has 1 fully saturated rings. The summed E-state index contributed by atoms with van der Waals surface area (Å²) in [6.45, 7) is 7.03. The Balaban J connectivity index is 1.84. The van der Waals surface area contributed by atoms with E-state index in [9.17, 15) is 0 Å². The Morgan fingerprint density at radius 3 is 2.95 bits per heavy atom. The van der Waals surface area contributed by atoms with Crippen molar-refractivity contribution in [3.8, 4) is 0 Å². The highest BCUT2D eigenvalue weighted by atomic mass is 32.2. The molecule has 0 aliphatic carbocycles. The Morgan fingerprint density at radius 1 is 1.32 bits per heavy atom. The predicted octanol–water partition coefficient (Wildman–Crippen LogP) is 3.17. The lowest BCUT2D eigenvalue weighted by atomic mass is 10.1. The van der Waals surface area contributed by atoms with Gasteiger partial charge in [0.2, 0.25) is 0 Å². The van der Waals surface area contributed by atoms with Crippen molar-refractivity contribution in [1.82, 2.24) is 10.2 Å². The van der Waals surface area contributed by atoms with Crippen LogP contribution in [0.25, 0.3) is 0 Å². The largest absolute Gasteiger partial charge is 0.309 e. The van der Waals surface area contributed by atoms with Crippen LogP contribution in [0.5, 0.6) is 0 Å². The van der Waals surface area contributed by atoms with Gasteiger partial charge in [0.1, 0.15) is 0 Å². The van der Waals surface area contributed by atoms with E-state index in [0.717, 1.165) is 13.1 Å². The van der Waals surface area contributed by atoms with E-state index in [0.29, 0.717) is 6.04 Å². The summed E-state index contributed by atoms with van der Waals surface area (Å²) in [5, 5.41) is 3.68. The van der Waals surface area contributed by atoms with Gasteiger partial charge in [-0.15, -0.1) is 0 Å². The molecule has 1 atom stereocenters. The van der Waals surface area contributed by atoms with Gasteiger partial charge in [0.05, 0.1) is 0 Å². The second-order valence-corrected chi connectivity index (χ2v) is 6.52. The lowest BCUT2D eigenvalue weighted by Crippen LogP contribution is -2.32. The standard InChI is InChI=1S/C16H26N2S/c1-2-19-13-7-12-18-11-6-10-17-16(14-18)15-8-4-3-5-9-15/h3-5,8-9,16-17H,2,6-7,10-14H2,1H3. The van der Waals surface area contributed by atoms with Crippen molar-refractivity contribution in [2.45, 2.75) is 25.8 Å². The molecular formula is C16H26N2S. The van der Waals surface area contributed by atoms with Gasteiger partial charge < -0.3 is 10.2 Å². The van der Waals surface area contributed by atoms with E-state index in [-0.39, 0.29) is 0 Å². The summed E-state index contributed by atoms with van der Waals surface area (Å²) in [5.41, 5.74) is 1.43. The van der Waals surface area contributed by atoms with E-state index in [1.165, 1.54) is 43.0 Å². The molecule has 1 unspecified atom stereocenters. The average Bonchev–Trinajstić information content (AvgIpc) is 2.70. The summed E-state index contributed by atoms with van der Waals surface area (Å²) in [4.78, 5) is 2.63. The highest BCUT2D eigenvalue weighted by Gasteiger charge is 2.18. The van der Waals surface area contributed by atoms with Gasteiger partial charge in [0.15, 0.2) is 0 Å². The lowest BCUT2D eigenvalue weighted by Gasteiger charge is -2.24. The van der Waals surface area contributed by atoms with Crippen molar-refractivity contribution in [3.05, 3.63) is 35.9 Å². The van der Waals surface area contributed by atoms with Gasteiger partial charge >= 0.3 is 0 Å². The van der Waals surface area contributed by atoms with E-state index in [4.69, 9.17) is 0 Å². The van der Waals surface area contributed by atoms with E-state index >= 15 is 0 Å². The van der Waals surface area contributed by atoms with Crippen LogP contribution in [0, 0.1) is 0 Å². The second-order valence-electron chi connectivity index (χ2n) is 5.12. The molecule has 0 radical (unpaired) electrons. The van der Waals surface area contributed by atoms with Crippen LogP contribution >= 0.6 is 11.8 Å². The van der Waals surface area contributed by atoms with Crippen molar-refractivity contribution < 1.29 is 0 Å². The van der Waals surface area contributed by atoms with Crippen LogP contribution in [0.4, 0.5) is 0 Å². The number of hydrogen-bond acceptors (Lipinski definition) is 3. The minimum absolute atomic E-state index is 0.502. The second kappa shape index (κ2) is 8.62. The van der Waals surface area contributed by atoms with Crippen molar-refractivity contribution in [3.63, 3.8) is 0 Å². The molecule has 0 spiro atoms. The third-order valence-corrected chi connectivity index (χ3v) is 4.64. The fourth-order valence-electron chi connectivity index (χ4n) is 2.64. The number of nitrogens with one attached hydrogen (secondary N) is 1. The average molecular weight is 278 g/mol. The van der Waals surface area contributed by atoms with Gasteiger partial charge in [-0.3, -0.25) is 0 Å². The Labute approximate surface area is 122 Å². The van der Waals surface area contributed by atoms with Gasteiger partial charge in [-0.25, -0.2) is 0 Å². The maximum Gasteiger partial charge on any atom is 0.0449 e. The number of rotatable bonds is 6. The molecule has 1 aromatic carbocycles. The van der Waals surface area contributed by atoms with E-state index < -0.39 is 0 Å². The van der Waals surface area contributed by atoms with E-state index in [1.807, 2.05) is 0 Å². The maximum absolute atomic E-state index is 3.68. The number of hydrogen-bond donors (Lipinski definition) is 1. The van der Waals surface area contributed by atoms with Crippen molar-refractivity contribution >= 4 is 11.8 Å². The summed E-state index contributed by atoms with van der Waals surface area (Å²) in [7, 11) is 0. The molecule has 2 nitrogen and oxygen atoms in total. The molecule has 3 heteroatoms. The normalized spacial score (nSPS) is 21.2. The van der Waals surface area contributed by atoms with Crippen molar-refractivity contribution in [1.29, 1.82) is 0 Å². The molecule has 1 aromatic rings. The van der Waals surface area contributed by atoms with Crippen LogP contribution in [0.15, 0.2) is 30.3 Å². The van der Waals surface area contributed by atoms with Crippen LogP contribution in [0.3, 0.4) is 0 Å². The molecule has 1 N–H and O–H groups in total. The molecule has 0 amide bonds. The maximum atomic E-state index is 3.68. The monoisotopic (exact) mass is 278 g/mol. The smallest absolute Gasteiger partial charge is 0.0449 e. The Morgan fingerprint density at radius 2 is 2.16 bits per heavy atom. The zero-order chi connectivity index (χ0) is 13.3. The molecular weight excluding hydrogens is 252 g/mol. The first-order valence-corrected chi connectivity index (χ1v) is 8.64. The van der Waals surface area contributed by atoms with Gasteiger partial charge in [-0.2, -0.15) is 11.8 Å². The minimum Gasteiger partial charge on any atom is -0.309 e. The van der Waals surface area contributed by atoms with Crippen LogP contribution < -0.4 is 5.32 Å². The third kappa shape index (κ3) is 5.17. The zero-order valence-electron chi connectivity index (χ0n) is 12.0.